The molecule has 0 bridgehead atoms. The Balaban J connectivity index is 1.73. The maximum atomic E-state index is 10.8. The lowest BCUT2D eigenvalue weighted by atomic mass is 10.2. The molecule has 0 saturated heterocycles. The molecular formula is C23H21N2O5-. The molecule has 0 unspecified atom stereocenters. The van der Waals surface area contributed by atoms with Gasteiger partial charge in [0, 0.05) is 5.56 Å². The normalized spacial score (nSPS) is 10.6. The van der Waals surface area contributed by atoms with Gasteiger partial charge in [0.15, 0.2) is 11.5 Å². The first-order chi connectivity index (χ1) is 14.6. The molecular weight excluding hydrogens is 384 g/mol. The number of benzene rings is 3. The van der Waals surface area contributed by atoms with Crippen molar-refractivity contribution < 1.29 is 24.1 Å². The Bertz CT molecular complexity index is 993. The molecule has 1 N–H and O–H groups in total. The van der Waals surface area contributed by atoms with Crippen molar-refractivity contribution in [2.45, 2.75) is 6.61 Å². The number of carbonyl (C=O) groups excluding carboxylic acids is 1. The number of carbonyl (C=O) groups is 1. The molecule has 0 radical (unpaired) electrons. The fourth-order valence-corrected chi connectivity index (χ4v) is 2.71. The zero-order valence-corrected chi connectivity index (χ0v) is 16.6. The number of hydrogen-bond donors (Lipinski definition) is 1. The first-order valence-electron chi connectivity index (χ1n) is 9.14. The molecule has 0 spiro atoms. The average molecular weight is 405 g/mol. The number of carboxylic acids is 1. The summed E-state index contributed by atoms with van der Waals surface area (Å²) in [5.74, 6) is 0.320. The summed E-state index contributed by atoms with van der Waals surface area (Å²) in [5, 5.41) is 15.0. The first-order valence-corrected chi connectivity index (χ1v) is 9.14. The highest BCUT2D eigenvalue weighted by atomic mass is 16.5. The van der Waals surface area contributed by atoms with Crippen LogP contribution < -0.4 is 24.7 Å². The standard InChI is InChI=1S/C23H22N2O5/c1-28-20-12-17(14-24-25-19-10-8-18(9-11-19)23(26)27)13-21(29-2)22(20)30-15-16-6-4-3-5-7-16/h3-14,25H,15H2,1-2H3,(H,26,27)/p-1/b24-14-. The fourth-order valence-electron chi connectivity index (χ4n) is 2.71. The maximum absolute atomic E-state index is 10.8. The highest BCUT2D eigenvalue weighted by molar-refractivity contribution is 5.86. The summed E-state index contributed by atoms with van der Waals surface area (Å²) in [5.41, 5.74) is 5.34. The Morgan fingerprint density at radius 1 is 1.00 bits per heavy atom. The second-order valence-corrected chi connectivity index (χ2v) is 6.26. The van der Waals surface area contributed by atoms with Gasteiger partial charge in [-0.05, 0) is 35.4 Å². The molecule has 3 aromatic carbocycles. The molecule has 30 heavy (non-hydrogen) atoms. The van der Waals surface area contributed by atoms with Crippen LogP contribution in [0.4, 0.5) is 5.69 Å². The van der Waals surface area contributed by atoms with Crippen LogP contribution in [0.3, 0.4) is 0 Å². The number of methoxy groups -OCH3 is 2. The Labute approximate surface area is 174 Å². The highest BCUT2D eigenvalue weighted by Gasteiger charge is 2.14. The van der Waals surface area contributed by atoms with Gasteiger partial charge in [-0.25, -0.2) is 0 Å². The summed E-state index contributed by atoms with van der Waals surface area (Å²) in [4.78, 5) is 10.8. The summed E-state index contributed by atoms with van der Waals surface area (Å²) >= 11 is 0. The number of hydrogen-bond acceptors (Lipinski definition) is 7. The van der Waals surface area contributed by atoms with Crippen molar-refractivity contribution in [3.8, 4) is 17.2 Å². The summed E-state index contributed by atoms with van der Waals surface area (Å²) in [7, 11) is 3.12. The van der Waals surface area contributed by atoms with Crippen molar-refractivity contribution in [2.24, 2.45) is 5.10 Å². The van der Waals surface area contributed by atoms with E-state index in [-0.39, 0.29) is 5.56 Å². The van der Waals surface area contributed by atoms with Gasteiger partial charge < -0.3 is 24.1 Å². The van der Waals surface area contributed by atoms with Crippen LogP contribution in [0.1, 0.15) is 21.5 Å². The van der Waals surface area contributed by atoms with E-state index in [0.717, 1.165) is 11.1 Å². The summed E-state index contributed by atoms with van der Waals surface area (Å²) in [6.45, 7) is 0.379. The number of aromatic carboxylic acids is 1. The Morgan fingerprint density at radius 2 is 1.63 bits per heavy atom. The van der Waals surface area contributed by atoms with E-state index in [1.165, 1.54) is 12.1 Å². The van der Waals surface area contributed by atoms with Gasteiger partial charge in [-0.15, -0.1) is 0 Å². The van der Waals surface area contributed by atoms with E-state index < -0.39 is 5.97 Å². The van der Waals surface area contributed by atoms with Crippen molar-refractivity contribution in [1.82, 2.24) is 0 Å². The third-order valence-electron chi connectivity index (χ3n) is 4.24. The van der Waals surface area contributed by atoms with Crippen LogP contribution in [-0.4, -0.2) is 26.4 Å². The van der Waals surface area contributed by atoms with Gasteiger partial charge in [-0.1, -0.05) is 42.5 Å². The van der Waals surface area contributed by atoms with Gasteiger partial charge >= 0.3 is 0 Å². The third-order valence-corrected chi connectivity index (χ3v) is 4.24. The number of anilines is 1. The number of ether oxygens (including phenoxy) is 3. The highest BCUT2D eigenvalue weighted by Crippen LogP contribution is 2.38. The van der Waals surface area contributed by atoms with Gasteiger partial charge in [0.05, 0.1) is 32.1 Å². The molecule has 0 heterocycles. The van der Waals surface area contributed by atoms with Gasteiger partial charge in [0.1, 0.15) is 6.61 Å². The minimum Gasteiger partial charge on any atom is -0.545 e. The van der Waals surface area contributed by atoms with Gasteiger partial charge in [-0.2, -0.15) is 5.10 Å². The number of nitrogens with zero attached hydrogens (tertiary/aromatic N) is 1. The molecule has 0 aromatic heterocycles. The molecule has 3 aromatic rings. The first kappa shape index (κ1) is 20.7. The summed E-state index contributed by atoms with van der Waals surface area (Å²) in [6.07, 6.45) is 1.60. The molecule has 0 fully saturated rings. The van der Waals surface area contributed by atoms with E-state index in [2.05, 4.69) is 10.5 Å². The SMILES string of the molecule is COc1cc(/C=N\Nc2ccc(C(=O)[O-])cc2)cc(OC)c1OCc1ccccc1. The smallest absolute Gasteiger partial charge is 0.203 e. The van der Waals surface area contributed by atoms with Crippen molar-refractivity contribution in [3.05, 3.63) is 83.4 Å². The maximum Gasteiger partial charge on any atom is 0.203 e. The Morgan fingerprint density at radius 3 is 2.20 bits per heavy atom. The van der Waals surface area contributed by atoms with Gasteiger partial charge in [0.25, 0.3) is 0 Å². The molecule has 0 aliphatic heterocycles. The van der Waals surface area contributed by atoms with E-state index in [1.54, 1.807) is 44.7 Å². The minimum absolute atomic E-state index is 0.102. The molecule has 154 valence electrons. The zero-order chi connectivity index (χ0) is 21.3. The molecule has 3 rings (SSSR count). The minimum atomic E-state index is -1.22. The van der Waals surface area contributed by atoms with Gasteiger partial charge in [0.2, 0.25) is 5.75 Å². The van der Waals surface area contributed by atoms with Crippen molar-refractivity contribution in [2.75, 3.05) is 19.6 Å². The lowest BCUT2D eigenvalue weighted by molar-refractivity contribution is -0.255. The summed E-state index contributed by atoms with van der Waals surface area (Å²) in [6, 6.07) is 19.5. The third kappa shape index (κ3) is 5.29. The zero-order valence-electron chi connectivity index (χ0n) is 16.6. The predicted molar refractivity (Wildman–Crippen MR) is 112 cm³/mol. The number of hydrazone groups is 1. The molecule has 0 saturated carbocycles. The van der Waals surface area contributed by atoms with E-state index in [1.807, 2.05) is 30.3 Å². The quantitative estimate of drug-likeness (QED) is 0.434. The van der Waals surface area contributed by atoms with Crippen molar-refractivity contribution >= 4 is 17.9 Å². The molecule has 0 amide bonds. The van der Waals surface area contributed by atoms with Crippen LogP contribution in [0.25, 0.3) is 0 Å². The van der Waals surface area contributed by atoms with Crippen LogP contribution in [0, 0.1) is 0 Å². The van der Waals surface area contributed by atoms with Crippen molar-refractivity contribution in [3.63, 3.8) is 0 Å². The Hall–Kier alpha value is -4.00. The van der Waals surface area contributed by atoms with Crippen LogP contribution in [0.15, 0.2) is 71.8 Å². The summed E-state index contributed by atoms with van der Waals surface area (Å²) < 4.78 is 16.9. The molecule has 7 nitrogen and oxygen atoms in total. The lowest BCUT2D eigenvalue weighted by Crippen LogP contribution is -2.21. The van der Waals surface area contributed by atoms with E-state index in [9.17, 15) is 9.90 Å². The van der Waals surface area contributed by atoms with Crippen LogP contribution in [-0.2, 0) is 6.61 Å². The number of carboxylic acid groups (broad SMARTS) is 1. The number of rotatable bonds is 9. The van der Waals surface area contributed by atoms with E-state index in [4.69, 9.17) is 14.2 Å². The van der Waals surface area contributed by atoms with Crippen LogP contribution in [0.5, 0.6) is 17.2 Å². The monoisotopic (exact) mass is 405 g/mol. The second kappa shape index (κ2) is 9.97. The van der Waals surface area contributed by atoms with E-state index in [0.29, 0.717) is 29.5 Å². The number of nitrogens with one attached hydrogen (secondary N) is 1. The van der Waals surface area contributed by atoms with Crippen molar-refractivity contribution in [1.29, 1.82) is 0 Å². The average Bonchev–Trinajstić information content (AvgIpc) is 2.78. The molecule has 7 heteroatoms. The van der Waals surface area contributed by atoms with Crippen LogP contribution in [0.2, 0.25) is 0 Å². The molecule has 0 atom stereocenters. The second-order valence-electron chi connectivity index (χ2n) is 6.26. The van der Waals surface area contributed by atoms with Gasteiger partial charge in [-0.3, -0.25) is 5.43 Å². The molecule has 0 aliphatic carbocycles. The Kier molecular flexibility index (Phi) is 6.89. The topological polar surface area (TPSA) is 92.2 Å². The van der Waals surface area contributed by atoms with E-state index >= 15 is 0 Å². The lowest BCUT2D eigenvalue weighted by Gasteiger charge is -2.15. The predicted octanol–water partition coefficient (Wildman–Crippen LogP) is 3.09. The fraction of sp³-hybridized carbons (Fsp3) is 0.130. The van der Waals surface area contributed by atoms with Crippen LogP contribution >= 0.6 is 0 Å². The molecule has 0 aliphatic rings. The largest absolute Gasteiger partial charge is 0.545 e.